The summed E-state index contributed by atoms with van der Waals surface area (Å²) in [5, 5.41) is 2.67. The molecular weight excluding hydrogens is 382 g/mol. The second kappa shape index (κ2) is 8.01. The van der Waals surface area contributed by atoms with Gasteiger partial charge in [-0.2, -0.15) is 0 Å². The SMILES string of the molecule is CC(=O)N(CCNC(=O)c1ccccc1Br)c1ccc(F)cc1F. The summed E-state index contributed by atoms with van der Waals surface area (Å²) >= 11 is 3.28. The van der Waals surface area contributed by atoms with Crippen molar-refractivity contribution in [2.45, 2.75) is 6.92 Å². The molecule has 0 saturated carbocycles. The molecule has 0 heterocycles. The Kier molecular flexibility index (Phi) is 6.03. The first kappa shape index (κ1) is 18.1. The highest BCUT2D eigenvalue weighted by Gasteiger charge is 2.17. The number of halogens is 3. The van der Waals surface area contributed by atoms with Crippen LogP contribution in [0.4, 0.5) is 14.5 Å². The number of carbonyl (C=O) groups excluding carboxylic acids is 2. The summed E-state index contributed by atoms with van der Waals surface area (Å²) in [6.07, 6.45) is 0. The lowest BCUT2D eigenvalue weighted by molar-refractivity contribution is -0.116. The first-order chi connectivity index (χ1) is 11.4. The average molecular weight is 397 g/mol. The number of nitrogens with one attached hydrogen (secondary N) is 1. The van der Waals surface area contributed by atoms with Crippen LogP contribution in [0, 0.1) is 11.6 Å². The average Bonchev–Trinajstić information content (AvgIpc) is 2.52. The van der Waals surface area contributed by atoms with Crippen LogP contribution in [0.3, 0.4) is 0 Å². The molecule has 2 amide bonds. The van der Waals surface area contributed by atoms with Crippen LogP contribution in [0.1, 0.15) is 17.3 Å². The highest BCUT2D eigenvalue weighted by molar-refractivity contribution is 9.10. The molecule has 0 aliphatic heterocycles. The van der Waals surface area contributed by atoms with Crippen molar-refractivity contribution in [3.63, 3.8) is 0 Å². The smallest absolute Gasteiger partial charge is 0.252 e. The normalized spacial score (nSPS) is 10.3. The summed E-state index contributed by atoms with van der Waals surface area (Å²) in [6.45, 7) is 1.46. The van der Waals surface area contributed by atoms with Crippen LogP contribution in [-0.2, 0) is 4.79 Å². The molecule has 7 heteroatoms. The van der Waals surface area contributed by atoms with Crippen LogP contribution >= 0.6 is 15.9 Å². The molecule has 4 nitrogen and oxygen atoms in total. The van der Waals surface area contributed by atoms with Gasteiger partial charge in [0.1, 0.15) is 11.6 Å². The van der Waals surface area contributed by atoms with Crippen molar-refractivity contribution in [2.75, 3.05) is 18.0 Å². The van der Waals surface area contributed by atoms with Crippen LogP contribution in [-0.4, -0.2) is 24.9 Å². The molecule has 1 N–H and O–H groups in total. The largest absolute Gasteiger partial charge is 0.350 e. The van der Waals surface area contributed by atoms with Crippen molar-refractivity contribution in [3.8, 4) is 0 Å². The zero-order valence-electron chi connectivity index (χ0n) is 12.9. The molecule has 2 aromatic rings. The summed E-state index contributed by atoms with van der Waals surface area (Å²) in [5.74, 6) is -2.27. The van der Waals surface area contributed by atoms with Crippen molar-refractivity contribution < 1.29 is 18.4 Å². The number of hydrogen-bond acceptors (Lipinski definition) is 2. The summed E-state index contributed by atoms with van der Waals surface area (Å²) < 4.78 is 27.5. The number of amides is 2. The van der Waals surface area contributed by atoms with Gasteiger partial charge in [0, 0.05) is 30.6 Å². The lowest BCUT2D eigenvalue weighted by Crippen LogP contribution is -2.38. The van der Waals surface area contributed by atoms with E-state index < -0.39 is 17.5 Å². The fourth-order valence-electron chi connectivity index (χ4n) is 2.17. The Labute approximate surface area is 146 Å². The Balaban J connectivity index is 2.04. The summed E-state index contributed by atoms with van der Waals surface area (Å²) in [7, 11) is 0. The molecule has 0 aromatic heterocycles. The monoisotopic (exact) mass is 396 g/mol. The molecule has 2 aromatic carbocycles. The third-order valence-corrected chi connectivity index (χ3v) is 4.01. The number of anilines is 1. The predicted octanol–water partition coefficient (Wildman–Crippen LogP) is 3.51. The van der Waals surface area contributed by atoms with Gasteiger partial charge >= 0.3 is 0 Å². The minimum absolute atomic E-state index is 0.0287. The number of rotatable bonds is 5. The van der Waals surface area contributed by atoms with Gasteiger partial charge in [0.25, 0.3) is 5.91 Å². The number of hydrogen-bond donors (Lipinski definition) is 1. The number of nitrogens with zero attached hydrogens (tertiary/aromatic N) is 1. The van der Waals surface area contributed by atoms with E-state index in [-0.39, 0.29) is 24.7 Å². The molecule has 0 unspecified atom stereocenters. The van der Waals surface area contributed by atoms with Crippen LogP contribution in [0.2, 0.25) is 0 Å². The van der Waals surface area contributed by atoms with Crippen molar-refractivity contribution in [1.82, 2.24) is 5.32 Å². The van der Waals surface area contributed by atoms with E-state index in [0.29, 0.717) is 16.1 Å². The molecule has 0 aliphatic rings. The predicted molar refractivity (Wildman–Crippen MR) is 90.9 cm³/mol. The van der Waals surface area contributed by atoms with Gasteiger partial charge in [0.05, 0.1) is 11.3 Å². The molecular formula is C17H15BrF2N2O2. The van der Waals surface area contributed by atoms with E-state index in [9.17, 15) is 18.4 Å². The van der Waals surface area contributed by atoms with Crippen LogP contribution < -0.4 is 10.2 Å². The van der Waals surface area contributed by atoms with Gasteiger partial charge < -0.3 is 10.2 Å². The van der Waals surface area contributed by atoms with Gasteiger partial charge in [-0.3, -0.25) is 9.59 Å². The van der Waals surface area contributed by atoms with Gasteiger partial charge in [-0.25, -0.2) is 8.78 Å². The van der Waals surface area contributed by atoms with Crippen molar-refractivity contribution in [2.24, 2.45) is 0 Å². The van der Waals surface area contributed by atoms with E-state index in [2.05, 4.69) is 21.2 Å². The highest BCUT2D eigenvalue weighted by atomic mass is 79.9. The van der Waals surface area contributed by atoms with Crippen LogP contribution in [0.5, 0.6) is 0 Å². The maximum Gasteiger partial charge on any atom is 0.252 e. The van der Waals surface area contributed by atoms with E-state index >= 15 is 0 Å². The fourth-order valence-corrected chi connectivity index (χ4v) is 2.63. The Morgan fingerprint density at radius 3 is 2.50 bits per heavy atom. The molecule has 0 bridgehead atoms. The van der Waals surface area contributed by atoms with E-state index in [1.54, 1.807) is 24.3 Å². The van der Waals surface area contributed by atoms with Crippen LogP contribution in [0.25, 0.3) is 0 Å². The minimum atomic E-state index is -0.831. The Hall–Kier alpha value is -2.28. The van der Waals surface area contributed by atoms with Crippen molar-refractivity contribution >= 4 is 33.4 Å². The van der Waals surface area contributed by atoms with Gasteiger partial charge in [0.2, 0.25) is 5.91 Å². The first-order valence-corrected chi connectivity index (χ1v) is 7.95. The molecule has 2 rings (SSSR count). The van der Waals surface area contributed by atoms with Gasteiger partial charge in [0.15, 0.2) is 0 Å². The third kappa shape index (κ3) is 4.38. The fraction of sp³-hybridized carbons (Fsp3) is 0.176. The topological polar surface area (TPSA) is 49.4 Å². The molecule has 126 valence electrons. The zero-order valence-corrected chi connectivity index (χ0v) is 14.4. The lowest BCUT2D eigenvalue weighted by atomic mass is 10.2. The first-order valence-electron chi connectivity index (χ1n) is 7.16. The van der Waals surface area contributed by atoms with Gasteiger partial charge in [-0.15, -0.1) is 0 Å². The number of carbonyl (C=O) groups is 2. The Bertz CT molecular complexity index is 768. The van der Waals surface area contributed by atoms with E-state index in [4.69, 9.17) is 0 Å². The molecule has 0 aliphatic carbocycles. The van der Waals surface area contributed by atoms with Crippen molar-refractivity contribution in [1.29, 1.82) is 0 Å². The summed E-state index contributed by atoms with van der Waals surface area (Å²) in [4.78, 5) is 25.0. The highest BCUT2D eigenvalue weighted by Crippen LogP contribution is 2.20. The third-order valence-electron chi connectivity index (χ3n) is 3.32. The summed E-state index contributed by atoms with van der Waals surface area (Å²) in [5.41, 5.74) is 0.430. The number of benzene rings is 2. The second-order valence-electron chi connectivity index (χ2n) is 5.00. The standard InChI is InChI=1S/C17H15BrF2N2O2/c1-11(23)22(16-7-6-12(19)10-15(16)20)9-8-21-17(24)13-4-2-3-5-14(13)18/h2-7,10H,8-9H2,1H3,(H,21,24). The second-order valence-corrected chi connectivity index (χ2v) is 5.86. The van der Waals surface area contributed by atoms with Gasteiger partial charge in [-0.1, -0.05) is 12.1 Å². The molecule has 0 radical (unpaired) electrons. The Morgan fingerprint density at radius 1 is 1.17 bits per heavy atom. The Morgan fingerprint density at radius 2 is 1.88 bits per heavy atom. The van der Waals surface area contributed by atoms with Crippen molar-refractivity contribution in [3.05, 3.63) is 64.1 Å². The van der Waals surface area contributed by atoms with Gasteiger partial charge in [-0.05, 0) is 40.2 Å². The summed E-state index contributed by atoms with van der Waals surface area (Å²) in [6, 6.07) is 9.90. The van der Waals surface area contributed by atoms with E-state index in [1.165, 1.54) is 13.0 Å². The molecule has 0 fully saturated rings. The van der Waals surface area contributed by atoms with E-state index in [1.807, 2.05) is 0 Å². The maximum absolute atomic E-state index is 13.8. The lowest BCUT2D eigenvalue weighted by Gasteiger charge is -2.22. The quantitative estimate of drug-likeness (QED) is 0.840. The molecule has 24 heavy (non-hydrogen) atoms. The molecule has 0 spiro atoms. The van der Waals surface area contributed by atoms with E-state index in [0.717, 1.165) is 11.0 Å². The molecule has 0 atom stereocenters. The minimum Gasteiger partial charge on any atom is -0.350 e. The molecule has 0 saturated heterocycles. The maximum atomic E-state index is 13.8. The van der Waals surface area contributed by atoms with Crippen LogP contribution in [0.15, 0.2) is 46.9 Å². The zero-order chi connectivity index (χ0) is 17.7.